The second-order valence-corrected chi connectivity index (χ2v) is 6.63. The molecule has 0 aromatic heterocycles. The molecular weight excluding hydrogens is 282 g/mol. The molecule has 2 aromatic carbocycles. The summed E-state index contributed by atoms with van der Waals surface area (Å²) in [6.07, 6.45) is 3.71. The zero-order chi connectivity index (χ0) is 16.4. The van der Waals surface area contributed by atoms with Crippen LogP contribution in [0.15, 0.2) is 66.4 Å². The van der Waals surface area contributed by atoms with Gasteiger partial charge in [0.05, 0.1) is 5.41 Å². The van der Waals surface area contributed by atoms with E-state index in [0.29, 0.717) is 0 Å². The summed E-state index contributed by atoms with van der Waals surface area (Å²) >= 11 is 0. The third-order valence-electron chi connectivity index (χ3n) is 4.86. The fourth-order valence-corrected chi connectivity index (χ4v) is 3.32. The van der Waals surface area contributed by atoms with E-state index in [-0.39, 0.29) is 5.78 Å². The van der Waals surface area contributed by atoms with Crippen LogP contribution in [0.5, 0.6) is 0 Å². The average molecular weight is 305 g/mol. The second kappa shape index (κ2) is 6.04. The minimum Gasteiger partial charge on any atom is -0.351 e. The maximum Gasteiger partial charge on any atom is 0.170 e. The van der Waals surface area contributed by atoms with Gasteiger partial charge in [-0.3, -0.25) is 4.79 Å². The Kier molecular flexibility index (Phi) is 4.08. The van der Waals surface area contributed by atoms with Crippen LogP contribution in [-0.2, 0) is 10.2 Å². The van der Waals surface area contributed by atoms with Crippen molar-refractivity contribution in [2.24, 2.45) is 0 Å². The van der Waals surface area contributed by atoms with Gasteiger partial charge in [0.15, 0.2) is 5.78 Å². The summed E-state index contributed by atoms with van der Waals surface area (Å²) < 4.78 is 0. The summed E-state index contributed by atoms with van der Waals surface area (Å²) in [5.41, 5.74) is 3.95. The van der Waals surface area contributed by atoms with Gasteiger partial charge in [-0.05, 0) is 44.4 Å². The van der Waals surface area contributed by atoms with Gasteiger partial charge < -0.3 is 4.90 Å². The van der Waals surface area contributed by atoms with Crippen LogP contribution in [0.4, 0.5) is 5.69 Å². The molecule has 1 fully saturated rings. The van der Waals surface area contributed by atoms with E-state index in [4.69, 9.17) is 0 Å². The van der Waals surface area contributed by atoms with Crippen molar-refractivity contribution in [2.45, 2.75) is 32.1 Å². The van der Waals surface area contributed by atoms with Gasteiger partial charge in [0.1, 0.15) is 0 Å². The molecular formula is C21H23NO. The summed E-state index contributed by atoms with van der Waals surface area (Å²) in [6, 6.07) is 18.5. The summed E-state index contributed by atoms with van der Waals surface area (Å²) in [7, 11) is 2.00. The lowest BCUT2D eigenvalue weighted by atomic mass is 9.79. The van der Waals surface area contributed by atoms with Gasteiger partial charge >= 0.3 is 0 Å². The Morgan fingerprint density at radius 3 is 2.52 bits per heavy atom. The Balaban J connectivity index is 1.88. The number of allylic oxidation sites excluding steroid dienone is 1. The smallest absolute Gasteiger partial charge is 0.170 e. The van der Waals surface area contributed by atoms with Crippen LogP contribution in [0.2, 0.25) is 0 Å². The van der Waals surface area contributed by atoms with Gasteiger partial charge in [0, 0.05) is 24.5 Å². The molecule has 1 atom stereocenters. The Morgan fingerprint density at radius 1 is 1.09 bits per heavy atom. The van der Waals surface area contributed by atoms with E-state index in [1.54, 1.807) is 0 Å². The number of carbonyl (C=O) groups excluding carboxylic acids is 1. The van der Waals surface area contributed by atoms with Crippen LogP contribution in [-0.4, -0.2) is 12.8 Å². The maximum atomic E-state index is 13.0. The normalized spacial score (nSPS) is 22.6. The molecule has 1 aliphatic rings. The molecule has 0 spiro atoms. The molecule has 0 heterocycles. The van der Waals surface area contributed by atoms with Crippen LogP contribution in [0.25, 0.3) is 0 Å². The van der Waals surface area contributed by atoms with Gasteiger partial charge in [-0.1, -0.05) is 48.0 Å². The number of hydrogen-bond donors (Lipinski definition) is 0. The van der Waals surface area contributed by atoms with E-state index in [1.807, 2.05) is 42.4 Å². The van der Waals surface area contributed by atoms with E-state index >= 15 is 0 Å². The first-order valence-corrected chi connectivity index (χ1v) is 8.11. The number of anilines is 1. The average Bonchev–Trinajstić information content (AvgIpc) is 2.85. The molecule has 1 saturated carbocycles. The van der Waals surface area contributed by atoms with E-state index < -0.39 is 5.41 Å². The summed E-state index contributed by atoms with van der Waals surface area (Å²) in [5, 5.41) is 0. The van der Waals surface area contributed by atoms with E-state index in [9.17, 15) is 4.79 Å². The highest BCUT2D eigenvalue weighted by Crippen LogP contribution is 2.41. The first-order chi connectivity index (χ1) is 11.0. The SMILES string of the molecule is Cc1cccc([C@@]2(C)CC/C(=C\N(C)c3ccccc3)C2=O)c1. The topological polar surface area (TPSA) is 20.3 Å². The number of ketones is 1. The predicted octanol–water partition coefficient (Wildman–Crippen LogP) is 4.64. The molecule has 1 aliphatic carbocycles. The number of aryl methyl sites for hydroxylation is 1. The maximum absolute atomic E-state index is 13.0. The van der Waals surface area contributed by atoms with Crippen molar-refractivity contribution in [3.8, 4) is 0 Å². The van der Waals surface area contributed by atoms with Crippen LogP contribution in [0.1, 0.15) is 30.9 Å². The molecule has 2 nitrogen and oxygen atoms in total. The minimum absolute atomic E-state index is 0.255. The molecule has 118 valence electrons. The van der Waals surface area contributed by atoms with Crippen molar-refractivity contribution in [3.63, 3.8) is 0 Å². The Bertz CT molecular complexity index is 747. The second-order valence-electron chi connectivity index (χ2n) is 6.63. The van der Waals surface area contributed by atoms with Crippen LogP contribution in [0, 0.1) is 6.92 Å². The standard InChI is InChI=1S/C21H23NO/c1-16-8-7-9-18(14-16)21(2)13-12-17(20(21)23)15-22(3)19-10-5-4-6-11-19/h4-11,14-15H,12-13H2,1-3H3/b17-15+/t21-/m1/s1. The van der Waals surface area contributed by atoms with E-state index in [0.717, 1.165) is 29.7 Å². The van der Waals surface area contributed by atoms with Crippen molar-refractivity contribution < 1.29 is 4.79 Å². The lowest BCUT2D eigenvalue weighted by molar-refractivity contribution is -0.118. The first-order valence-electron chi connectivity index (χ1n) is 8.11. The van der Waals surface area contributed by atoms with Gasteiger partial charge in [-0.15, -0.1) is 0 Å². The third-order valence-corrected chi connectivity index (χ3v) is 4.86. The number of rotatable bonds is 3. The molecule has 2 heteroatoms. The molecule has 0 N–H and O–H groups in total. The zero-order valence-electron chi connectivity index (χ0n) is 14.0. The predicted molar refractivity (Wildman–Crippen MR) is 95.7 cm³/mol. The molecule has 23 heavy (non-hydrogen) atoms. The molecule has 0 bridgehead atoms. The van der Waals surface area contributed by atoms with E-state index in [2.05, 4.69) is 44.2 Å². The minimum atomic E-state index is -0.393. The lowest BCUT2D eigenvalue weighted by Crippen LogP contribution is -2.28. The molecule has 3 rings (SSSR count). The molecule has 0 amide bonds. The molecule has 0 aliphatic heterocycles. The monoisotopic (exact) mass is 305 g/mol. The largest absolute Gasteiger partial charge is 0.351 e. The van der Waals surface area contributed by atoms with Crippen molar-refractivity contribution in [3.05, 3.63) is 77.5 Å². The number of carbonyl (C=O) groups is 1. The zero-order valence-corrected chi connectivity index (χ0v) is 14.0. The Labute approximate surface area is 138 Å². The van der Waals surface area contributed by atoms with Crippen LogP contribution in [0.3, 0.4) is 0 Å². The highest BCUT2D eigenvalue weighted by Gasteiger charge is 2.42. The summed E-state index contributed by atoms with van der Waals surface area (Å²) in [5.74, 6) is 0.255. The Hall–Kier alpha value is -2.35. The van der Waals surface area contributed by atoms with E-state index in [1.165, 1.54) is 5.56 Å². The summed E-state index contributed by atoms with van der Waals surface area (Å²) in [4.78, 5) is 15.0. The number of Topliss-reactive ketones (excluding diaryl/α,β-unsaturated/α-hetero) is 1. The van der Waals surface area contributed by atoms with Crippen molar-refractivity contribution >= 4 is 11.5 Å². The third kappa shape index (κ3) is 2.94. The molecule has 2 aromatic rings. The number of nitrogens with zero attached hydrogens (tertiary/aromatic N) is 1. The highest BCUT2D eigenvalue weighted by atomic mass is 16.1. The Morgan fingerprint density at radius 2 is 1.83 bits per heavy atom. The van der Waals surface area contributed by atoms with Crippen LogP contribution < -0.4 is 4.90 Å². The van der Waals surface area contributed by atoms with Gasteiger partial charge in [0.25, 0.3) is 0 Å². The highest BCUT2D eigenvalue weighted by molar-refractivity contribution is 6.05. The molecule has 0 radical (unpaired) electrons. The number of hydrogen-bond acceptors (Lipinski definition) is 2. The number of para-hydroxylation sites is 1. The first kappa shape index (κ1) is 15.5. The lowest BCUT2D eigenvalue weighted by Gasteiger charge is -2.23. The fraction of sp³-hybridized carbons (Fsp3) is 0.286. The van der Waals surface area contributed by atoms with Gasteiger partial charge in [0.2, 0.25) is 0 Å². The quantitative estimate of drug-likeness (QED) is 0.770. The molecule has 0 saturated heterocycles. The van der Waals surface area contributed by atoms with Gasteiger partial charge in [-0.2, -0.15) is 0 Å². The fourth-order valence-electron chi connectivity index (χ4n) is 3.32. The summed E-state index contributed by atoms with van der Waals surface area (Å²) in [6.45, 7) is 4.15. The van der Waals surface area contributed by atoms with Crippen molar-refractivity contribution in [1.29, 1.82) is 0 Å². The van der Waals surface area contributed by atoms with Crippen molar-refractivity contribution in [1.82, 2.24) is 0 Å². The number of benzene rings is 2. The van der Waals surface area contributed by atoms with Crippen LogP contribution >= 0.6 is 0 Å². The van der Waals surface area contributed by atoms with Gasteiger partial charge in [-0.25, -0.2) is 0 Å². The van der Waals surface area contributed by atoms with Crippen molar-refractivity contribution in [2.75, 3.05) is 11.9 Å². The molecule has 0 unspecified atom stereocenters.